The number of pyridine rings is 1. The van der Waals surface area contributed by atoms with E-state index < -0.39 is 20.7 Å². The standard InChI is InChI=1S/C7H5ClFNO2S/c1-2-13(11,12)7-6(9)3-5(8)4-10-7/h2-4H,1H2. The predicted molar refractivity (Wildman–Crippen MR) is 46.6 cm³/mol. The van der Waals surface area contributed by atoms with Crippen LogP contribution in [0.15, 0.2) is 29.3 Å². The Morgan fingerprint density at radius 2 is 2.23 bits per heavy atom. The molecule has 0 N–H and O–H groups in total. The van der Waals surface area contributed by atoms with E-state index in [1.54, 1.807) is 0 Å². The van der Waals surface area contributed by atoms with Crippen LogP contribution in [0.1, 0.15) is 0 Å². The lowest BCUT2D eigenvalue weighted by Crippen LogP contribution is -2.02. The van der Waals surface area contributed by atoms with Crippen LogP contribution < -0.4 is 0 Å². The molecule has 1 heterocycles. The molecule has 6 heteroatoms. The van der Waals surface area contributed by atoms with Crippen molar-refractivity contribution in [3.05, 3.63) is 35.1 Å². The number of halogens is 2. The van der Waals surface area contributed by atoms with E-state index >= 15 is 0 Å². The molecule has 0 fully saturated rings. The molecule has 0 atom stereocenters. The van der Waals surface area contributed by atoms with Crippen LogP contribution in [0.25, 0.3) is 0 Å². The Morgan fingerprint density at radius 3 is 2.69 bits per heavy atom. The van der Waals surface area contributed by atoms with Crippen molar-refractivity contribution in [2.45, 2.75) is 5.03 Å². The fourth-order valence-electron chi connectivity index (χ4n) is 0.690. The smallest absolute Gasteiger partial charge is 0.219 e. The van der Waals surface area contributed by atoms with Crippen LogP contribution >= 0.6 is 11.6 Å². The zero-order chi connectivity index (χ0) is 10.1. The number of aromatic nitrogens is 1. The maximum Gasteiger partial charge on any atom is 0.219 e. The Morgan fingerprint density at radius 1 is 1.62 bits per heavy atom. The van der Waals surface area contributed by atoms with E-state index in [0.717, 1.165) is 12.3 Å². The van der Waals surface area contributed by atoms with Gasteiger partial charge in [0.05, 0.1) is 5.02 Å². The molecule has 13 heavy (non-hydrogen) atoms. The molecule has 1 rings (SSSR count). The molecule has 0 spiro atoms. The first-order valence-electron chi connectivity index (χ1n) is 3.16. The summed E-state index contributed by atoms with van der Waals surface area (Å²) in [6, 6.07) is 0.880. The van der Waals surface area contributed by atoms with Crippen molar-refractivity contribution >= 4 is 21.4 Å². The summed E-state index contributed by atoms with van der Waals surface area (Å²) in [7, 11) is -3.83. The monoisotopic (exact) mass is 221 g/mol. The van der Waals surface area contributed by atoms with Gasteiger partial charge in [-0.1, -0.05) is 18.2 Å². The minimum atomic E-state index is -3.83. The van der Waals surface area contributed by atoms with Gasteiger partial charge in [-0.25, -0.2) is 17.8 Å². The molecular formula is C7H5ClFNO2S. The van der Waals surface area contributed by atoms with Crippen molar-refractivity contribution in [1.29, 1.82) is 0 Å². The second-order valence-electron chi connectivity index (χ2n) is 2.15. The maximum atomic E-state index is 13.0. The molecule has 0 aromatic carbocycles. The molecule has 0 unspecified atom stereocenters. The van der Waals surface area contributed by atoms with Gasteiger partial charge in [-0.2, -0.15) is 0 Å². The van der Waals surface area contributed by atoms with Crippen LogP contribution in [0.5, 0.6) is 0 Å². The van der Waals surface area contributed by atoms with E-state index in [2.05, 4.69) is 11.6 Å². The highest BCUT2D eigenvalue weighted by molar-refractivity contribution is 7.94. The quantitative estimate of drug-likeness (QED) is 0.765. The lowest BCUT2D eigenvalue weighted by molar-refractivity contribution is 0.559. The molecule has 0 saturated heterocycles. The van der Waals surface area contributed by atoms with Crippen LogP contribution in [0, 0.1) is 5.82 Å². The van der Waals surface area contributed by atoms with E-state index in [-0.39, 0.29) is 5.02 Å². The lowest BCUT2D eigenvalue weighted by atomic mass is 10.5. The van der Waals surface area contributed by atoms with Gasteiger partial charge < -0.3 is 0 Å². The first kappa shape index (κ1) is 10.1. The lowest BCUT2D eigenvalue weighted by Gasteiger charge is -1.98. The molecular weight excluding hydrogens is 217 g/mol. The highest BCUT2D eigenvalue weighted by Gasteiger charge is 2.17. The summed E-state index contributed by atoms with van der Waals surface area (Å²) < 4.78 is 35.1. The van der Waals surface area contributed by atoms with Crippen molar-refractivity contribution in [2.75, 3.05) is 0 Å². The van der Waals surface area contributed by atoms with E-state index in [1.807, 2.05) is 0 Å². The van der Waals surface area contributed by atoms with E-state index in [0.29, 0.717) is 5.41 Å². The summed E-state index contributed by atoms with van der Waals surface area (Å²) >= 11 is 5.39. The SMILES string of the molecule is C=CS(=O)(=O)c1ncc(Cl)cc1F. The highest BCUT2D eigenvalue weighted by Crippen LogP contribution is 2.16. The van der Waals surface area contributed by atoms with Gasteiger partial charge >= 0.3 is 0 Å². The van der Waals surface area contributed by atoms with Crippen LogP contribution in [-0.4, -0.2) is 13.4 Å². The van der Waals surface area contributed by atoms with Gasteiger partial charge in [0, 0.05) is 11.6 Å². The molecule has 0 aliphatic carbocycles. The first-order valence-corrected chi connectivity index (χ1v) is 5.08. The third kappa shape index (κ3) is 2.05. The largest absolute Gasteiger partial charge is 0.240 e. The van der Waals surface area contributed by atoms with Crippen LogP contribution in [0.4, 0.5) is 4.39 Å². The number of rotatable bonds is 2. The van der Waals surface area contributed by atoms with Crippen LogP contribution in [0.3, 0.4) is 0 Å². The fourth-order valence-corrected chi connectivity index (χ4v) is 1.52. The summed E-state index contributed by atoms with van der Waals surface area (Å²) in [6.07, 6.45) is 1.06. The molecule has 0 bridgehead atoms. The summed E-state index contributed by atoms with van der Waals surface area (Å²) in [6.45, 7) is 3.04. The van der Waals surface area contributed by atoms with Gasteiger partial charge in [-0.3, -0.25) is 0 Å². The second-order valence-corrected chi connectivity index (χ2v) is 4.40. The number of hydrogen-bond acceptors (Lipinski definition) is 3. The van der Waals surface area contributed by atoms with E-state index in [9.17, 15) is 12.8 Å². The van der Waals surface area contributed by atoms with Gasteiger partial charge in [0.25, 0.3) is 0 Å². The molecule has 0 aliphatic rings. The van der Waals surface area contributed by atoms with Crippen molar-refractivity contribution in [2.24, 2.45) is 0 Å². The molecule has 1 aromatic rings. The molecule has 0 aliphatic heterocycles. The summed E-state index contributed by atoms with van der Waals surface area (Å²) in [5.41, 5.74) is 0. The van der Waals surface area contributed by atoms with Crippen molar-refractivity contribution < 1.29 is 12.8 Å². The summed E-state index contributed by atoms with van der Waals surface area (Å²) in [4.78, 5) is 3.35. The van der Waals surface area contributed by atoms with Gasteiger partial charge in [0.1, 0.15) is 0 Å². The second kappa shape index (κ2) is 3.43. The Balaban J connectivity index is 3.41. The molecule has 1 aromatic heterocycles. The Bertz CT molecular complexity index is 444. The Hall–Kier alpha value is -0.940. The van der Waals surface area contributed by atoms with Gasteiger partial charge in [0.2, 0.25) is 9.84 Å². The summed E-state index contributed by atoms with van der Waals surface area (Å²) in [5.74, 6) is -0.979. The van der Waals surface area contributed by atoms with E-state index in [1.165, 1.54) is 0 Å². The zero-order valence-corrected chi connectivity index (χ0v) is 7.94. The zero-order valence-electron chi connectivity index (χ0n) is 6.37. The van der Waals surface area contributed by atoms with Crippen LogP contribution in [0.2, 0.25) is 5.02 Å². The highest BCUT2D eigenvalue weighted by atomic mass is 35.5. The van der Waals surface area contributed by atoms with Crippen molar-refractivity contribution in [1.82, 2.24) is 4.98 Å². The molecule has 0 amide bonds. The molecule has 70 valence electrons. The normalized spacial score (nSPS) is 11.2. The number of nitrogens with zero attached hydrogens (tertiary/aromatic N) is 1. The van der Waals surface area contributed by atoms with Crippen molar-refractivity contribution in [3.8, 4) is 0 Å². The molecule has 0 saturated carbocycles. The minimum absolute atomic E-state index is 0.0421. The Labute approximate surface area is 79.8 Å². The third-order valence-electron chi connectivity index (χ3n) is 1.26. The number of sulfone groups is 1. The van der Waals surface area contributed by atoms with Crippen LogP contribution in [-0.2, 0) is 9.84 Å². The van der Waals surface area contributed by atoms with Gasteiger partial charge in [0.15, 0.2) is 10.8 Å². The maximum absolute atomic E-state index is 13.0. The number of hydrogen-bond donors (Lipinski definition) is 0. The first-order chi connectivity index (χ1) is 5.97. The molecule has 3 nitrogen and oxygen atoms in total. The fraction of sp³-hybridized carbons (Fsp3) is 0. The topological polar surface area (TPSA) is 47.0 Å². The predicted octanol–water partition coefficient (Wildman–Crippen LogP) is 1.79. The van der Waals surface area contributed by atoms with E-state index in [4.69, 9.17) is 11.6 Å². The van der Waals surface area contributed by atoms with Gasteiger partial charge in [-0.05, 0) is 6.07 Å². The average molecular weight is 222 g/mol. The average Bonchev–Trinajstić information content (AvgIpc) is 2.03. The van der Waals surface area contributed by atoms with Crippen molar-refractivity contribution in [3.63, 3.8) is 0 Å². The van der Waals surface area contributed by atoms with Gasteiger partial charge in [-0.15, -0.1) is 0 Å². The molecule has 0 radical (unpaired) electrons. The third-order valence-corrected chi connectivity index (χ3v) is 2.75. The summed E-state index contributed by atoms with van der Waals surface area (Å²) in [5, 5.41) is 0.0131. The minimum Gasteiger partial charge on any atom is -0.240 e. The Kier molecular flexibility index (Phi) is 2.68.